The Labute approximate surface area is 166 Å². The number of quaternary nitrogens is 1. The molecule has 1 unspecified atom stereocenters. The summed E-state index contributed by atoms with van der Waals surface area (Å²) in [5.41, 5.74) is 2.50. The molecule has 1 saturated heterocycles. The minimum Gasteiger partial charge on any atom is -0.490 e. The highest BCUT2D eigenvalue weighted by molar-refractivity contribution is 5.76. The summed E-state index contributed by atoms with van der Waals surface area (Å²) in [6, 6.07) is 16.9. The van der Waals surface area contributed by atoms with Crippen molar-refractivity contribution in [2.75, 3.05) is 32.8 Å². The molecule has 1 amide bonds. The monoisotopic (exact) mass is 381 g/mol. The fourth-order valence-electron chi connectivity index (χ4n) is 4.18. The average Bonchev–Trinajstić information content (AvgIpc) is 3.04. The van der Waals surface area contributed by atoms with Crippen molar-refractivity contribution in [1.82, 2.24) is 5.32 Å². The third kappa shape index (κ3) is 4.65. The largest absolute Gasteiger partial charge is 0.490 e. The van der Waals surface area contributed by atoms with Crippen LogP contribution in [0.3, 0.4) is 0 Å². The van der Waals surface area contributed by atoms with Crippen LogP contribution in [0, 0.1) is 0 Å². The zero-order valence-electron chi connectivity index (χ0n) is 16.3. The molecule has 0 bridgehead atoms. The first kappa shape index (κ1) is 18.8. The van der Waals surface area contributed by atoms with Crippen molar-refractivity contribution in [2.45, 2.75) is 31.7 Å². The summed E-state index contributed by atoms with van der Waals surface area (Å²) >= 11 is 0. The van der Waals surface area contributed by atoms with Crippen LogP contribution in [-0.2, 0) is 11.2 Å². The van der Waals surface area contributed by atoms with Crippen LogP contribution in [-0.4, -0.2) is 38.8 Å². The molecular formula is C23H29N2O3+. The lowest BCUT2D eigenvalue weighted by atomic mass is 10.0. The summed E-state index contributed by atoms with van der Waals surface area (Å²) in [7, 11) is 0. The van der Waals surface area contributed by atoms with Gasteiger partial charge in [-0.2, -0.15) is 0 Å². The molecule has 4 rings (SSSR count). The maximum atomic E-state index is 12.5. The normalized spacial score (nSPS) is 21.1. The Balaban J connectivity index is 1.33. The standard InChI is InChI=1S/C23H28N2O3/c26-23(24-12-11-18-6-2-1-3-7-18)17-25-13-4-8-20(25)19-9-10-21-22(16-19)28-15-5-14-27-21/h1-3,6-7,9-10,16,20H,4-5,8,11-15,17H2,(H,24,26)/p+1/t20-/m1/s1. The lowest BCUT2D eigenvalue weighted by Gasteiger charge is -2.22. The molecule has 5 heteroatoms. The van der Waals surface area contributed by atoms with Gasteiger partial charge in [0.25, 0.3) is 5.91 Å². The Morgan fingerprint density at radius 3 is 2.71 bits per heavy atom. The number of hydrogen-bond acceptors (Lipinski definition) is 3. The number of fused-ring (bicyclic) bond motifs is 1. The second-order valence-electron chi connectivity index (χ2n) is 7.62. The third-order valence-corrected chi connectivity index (χ3v) is 5.62. The van der Waals surface area contributed by atoms with Gasteiger partial charge in [-0.25, -0.2) is 0 Å². The number of amides is 1. The number of benzene rings is 2. The van der Waals surface area contributed by atoms with Crippen LogP contribution in [0.15, 0.2) is 48.5 Å². The number of carbonyl (C=O) groups excluding carboxylic acids is 1. The van der Waals surface area contributed by atoms with Crippen molar-refractivity contribution in [3.05, 3.63) is 59.7 Å². The van der Waals surface area contributed by atoms with Crippen molar-refractivity contribution < 1.29 is 19.2 Å². The first-order valence-electron chi connectivity index (χ1n) is 10.3. The zero-order valence-corrected chi connectivity index (χ0v) is 16.3. The minimum atomic E-state index is 0.132. The second-order valence-corrected chi connectivity index (χ2v) is 7.62. The number of rotatable bonds is 6. The molecule has 0 saturated carbocycles. The number of hydrogen-bond donors (Lipinski definition) is 2. The fraction of sp³-hybridized carbons (Fsp3) is 0.435. The van der Waals surface area contributed by atoms with Gasteiger partial charge in [-0.3, -0.25) is 4.79 Å². The van der Waals surface area contributed by atoms with E-state index in [2.05, 4.69) is 29.6 Å². The summed E-state index contributed by atoms with van der Waals surface area (Å²) < 4.78 is 11.6. The highest BCUT2D eigenvalue weighted by atomic mass is 16.5. The highest BCUT2D eigenvalue weighted by Crippen LogP contribution is 2.33. The van der Waals surface area contributed by atoms with Gasteiger partial charge in [-0.1, -0.05) is 30.3 Å². The van der Waals surface area contributed by atoms with Gasteiger partial charge in [0.05, 0.1) is 19.8 Å². The summed E-state index contributed by atoms with van der Waals surface area (Å²) in [4.78, 5) is 13.8. The van der Waals surface area contributed by atoms with E-state index in [0.29, 0.717) is 32.3 Å². The van der Waals surface area contributed by atoms with E-state index in [-0.39, 0.29) is 5.91 Å². The molecule has 2 aromatic rings. The summed E-state index contributed by atoms with van der Waals surface area (Å²) in [5.74, 6) is 1.81. The maximum Gasteiger partial charge on any atom is 0.275 e. The molecule has 1 fully saturated rings. The molecule has 0 radical (unpaired) electrons. The SMILES string of the molecule is O=C(C[NH+]1CCC[C@@H]1c1ccc2c(c1)OCCCO2)NCCc1ccccc1. The van der Waals surface area contributed by atoms with Gasteiger partial charge in [0.15, 0.2) is 18.0 Å². The van der Waals surface area contributed by atoms with E-state index in [9.17, 15) is 4.79 Å². The van der Waals surface area contributed by atoms with Crippen molar-refractivity contribution in [3.63, 3.8) is 0 Å². The molecule has 2 heterocycles. The number of nitrogens with one attached hydrogen (secondary N) is 2. The second kappa shape index (κ2) is 9.11. The summed E-state index contributed by atoms with van der Waals surface area (Å²) in [6.45, 7) is 3.64. The molecule has 2 N–H and O–H groups in total. The first-order valence-corrected chi connectivity index (χ1v) is 10.3. The molecule has 0 aliphatic carbocycles. The minimum absolute atomic E-state index is 0.132. The molecular weight excluding hydrogens is 352 g/mol. The lowest BCUT2D eigenvalue weighted by Crippen LogP contribution is -3.11. The van der Waals surface area contributed by atoms with E-state index in [1.807, 2.05) is 24.3 Å². The molecule has 5 nitrogen and oxygen atoms in total. The highest BCUT2D eigenvalue weighted by Gasteiger charge is 2.32. The molecule has 2 aliphatic rings. The summed E-state index contributed by atoms with van der Waals surface area (Å²) in [6.07, 6.45) is 4.03. The van der Waals surface area contributed by atoms with Crippen LogP contribution in [0.5, 0.6) is 11.5 Å². The molecule has 0 aromatic heterocycles. The Morgan fingerprint density at radius 1 is 1.04 bits per heavy atom. The van der Waals surface area contributed by atoms with E-state index in [0.717, 1.165) is 43.7 Å². The van der Waals surface area contributed by atoms with E-state index >= 15 is 0 Å². The summed E-state index contributed by atoms with van der Waals surface area (Å²) in [5, 5.41) is 3.08. The van der Waals surface area contributed by atoms with Gasteiger partial charge < -0.3 is 19.7 Å². The van der Waals surface area contributed by atoms with Gasteiger partial charge in [-0.15, -0.1) is 0 Å². The van der Waals surface area contributed by atoms with E-state index in [1.54, 1.807) is 0 Å². The Hall–Kier alpha value is -2.53. The molecule has 28 heavy (non-hydrogen) atoms. The van der Waals surface area contributed by atoms with Crippen LogP contribution in [0.25, 0.3) is 0 Å². The molecule has 2 aromatic carbocycles. The van der Waals surface area contributed by atoms with Crippen LogP contribution in [0.1, 0.15) is 36.4 Å². The molecule has 0 spiro atoms. The number of likely N-dealkylation sites (tertiary alicyclic amines) is 1. The van der Waals surface area contributed by atoms with E-state index in [4.69, 9.17) is 9.47 Å². The van der Waals surface area contributed by atoms with Crippen molar-refractivity contribution in [1.29, 1.82) is 0 Å². The predicted molar refractivity (Wildman–Crippen MR) is 108 cm³/mol. The Morgan fingerprint density at radius 2 is 1.86 bits per heavy atom. The zero-order chi connectivity index (χ0) is 19.2. The van der Waals surface area contributed by atoms with Crippen molar-refractivity contribution in [2.24, 2.45) is 0 Å². The topological polar surface area (TPSA) is 52.0 Å². The van der Waals surface area contributed by atoms with E-state index in [1.165, 1.54) is 16.0 Å². The Bertz CT molecular complexity index is 794. The average molecular weight is 381 g/mol. The van der Waals surface area contributed by atoms with Gasteiger partial charge >= 0.3 is 0 Å². The fourth-order valence-corrected chi connectivity index (χ4v) is 4.18. The van der Waals surface area contributed by atoms with E-state index < -0.39 is 0 Å². The van der Waals surface area contributed by atoms with Gasteiger partial charge in [0, 0.05) is 31.4 Å². The van der Waals surface area contributed by atoms with Gasteiger partial charge in [0.2, 0.25) is 0 Å². The molecule has 2 atom stereocenters. The third-order valence-electron chi connectivity index (χ3n) is 5.62. The molecule has 2 aliphatic heterocycles. The predicted octanol–water partition coefficient (Wildman–Crippen LogP) is 1.93. The van der Waals surface area contributed by atoms with Crippen LogP contribution in [0.2, 0.25) is 0 Å². The lowest BCUT2D eigenvalue weighted by molar-refractivity contribution is -0.910. The quantitative estimate of drug-likeness (QED) is 0.804. The first-order chi connectivity index (χ1) is 13.8. The smallest absolute Gasteiger partial charge is 0.275 e. The van der Waals surface area contributed by atoms with Crippen molar-refractivity contribution >= 4 is 5.91 Å². The van der Waals surface area contributed by atoms with Gasteiger partial charge in [-0.05, 0) is 30.2 Å². The van der Waals surface area contributed by atoms with Crippen LogP contribution in [0.4, 0.5) is 0 Å². The van der Waals surface area contributed by atoms with Crippen molar-refractivity contribution in [3.8, 4) is 11.5 Å². The Kier molecular flexibility index (Phi) is 6.12. The van der Waals surface area contributed by atoms with Crippen LogP contribution >= 0.6 is 0 Å². The van der Waals surface area contributed by atoms with Gasteiger partial charge in [0.1, 0.15) is 6.04 Å². The number of carbonyl (C=O) groups is 1. The van der Waals surface area contributed by atoms with Crippen LogP contribution < -0.4 is 19.7 Å². The molecule has 148 valence electrons. The maximum absolute atomic E-state index is 12.5. The number of ether oxygens (including phenoxy) is 2.